The molecular formula is C102H85B2N5O. The number of anilines is 15. The number of hydrogen-bond acceptors (Lipinski definition) is 6. The van der Waals surface area contributed by atoms with E-state index in [0.717, 1.165) is 141 Å². The van der Waals surface area contributed by atoms with Gasteiger partial charge in [-0.1, -0.05) is 305 Å². The summed E-state index contributed by atoms with van der Waals surface area (Å²) in [5.74, 6) is 1.67. The Bertz CT molecular complexity index is 5990. The number of ether oxygens (including phenoxy) is 1. The summed E-state index contributed by atoms with van der Waals surface area (Å²) in [6.07, 6.45) is 0. The van der Waals surface area contributed by atoms with Crippen molar-refractivity contribution < 1.29 is 4.74 Å². The molecule has 0 spiro atoms. The molecule has 0 fully saturated rings. The highest BCUT2D eigenvalue weighted by atomic mass is 16.5. The van der Waals surface area contributed by atoms with Crippen LogP contribution in [0.5, 0.6) is 11.5 Å². The molecule has 0 atom stereocenters. The Morgan fingerprint density at radius 1 is 0.245 bits per heavy atom. The Balaban J connectivity index is 0.926. The molecule has 530 valence electrons. The van der Waals surface area contributed by atoms with Gasteiger partial charge in [0, 0.05) is 79.6 Å². The molecule has 4 heterocycles. The van der Waals surface area contributed by atoms with Crippen LogP contribution in [-0.4, -0.2) is 13.4 Å². The van der Waals surface area contributed by atoms with Crippen molar-refractivity contribution in [1.29, 1.82) is 0 Å². The van der Waals surface area contributed by atoms with E-state index in [0.29, 0.717) is 0 Å². The van der Waals surface area contributed by atoms with E-state index in [4.69, 9.17) is 4.74 Å². The first kappa shape index (κ1) is 67.8. The standard InChI is InChI=1S/C102H85B2N5O/c1-100(2,3)71-56-50-68(51-57-71)80-40-22-27-45-87(80)106(76-36-18-12-19-37-76)78-62-93-98-94(63-78)108(88-46-28-23-41-81(88)69-52-58-72(59-53-69)101(4,5)6)90-48-30-25-43-83(90)103(98)85-66-86-92(67-91(85)107(93)77-38-20-13-21-39-77)109(89-47-29-24-42-82(89)70-54-60-73(61-55-70)102(7,8)9)95-64-79(65-97-99(95)104(86)84-44-26-31-49-96(84)110-97)105(74-32-14-10-15-33-74)75-34-16-11-17-35-75/h10-67H,1-9H3. The third-order valence-corrected chi connectivity index (χ3v) is 22.9. The van der Waals surface area contributed by atoms with Crippen LogP contribution in [0.3, 0.4) is 0 Å². The van der Waals surface area contributed by atoms with Gasteiger partial charge in [-0.2, -0.15) is 0 Å². The lowest BCUT2D eigenvalue weighted by atomic mass is 9.30. The fourth-order valence-corrected chi connectivity index (χ4v) is 17.5. The van der Waals surface area contributed by atoms with E-state index in [-0.39, 0.29) is 29.7 Å². The number of benzene rings is 15. The summed E-state index contributed by atoms with van der Waals surface area (Å²) < 4.78 is 7.48. The van der Waals surface area contributed by atoms with Crippen molar-refractivity contribution in [3.05, 3.63) is 369 Å². The number of hydrogen-bond donors (Lipinski definition) is 0. The van der Waals surface area contributed by atoms with Gasteiger partial charge in [0.15, 0.2) is 0 Å². The molecule has 0 aromatic heterocycles. The highest BCUT2D eigenvalue weighted by Gasteiger charge is 2.49. The minimum absolute atomic E-state index is 0.0133. The smallest absolute Gasteiger partial charge is 0.256 e. The summed E-state index contributed by atoms with van der Waals surface area (Å²) in [5.41, 5.74) is 33.7. The third-order valence-electron chi connectivity index (χ3n) is 22.9. The predicted molar refractivity (Wildman–Crippen MR) is 468 cm³/mol. The van der Waals surface area contributed by atoms with Gasteiger partial charge in [0.2, 0.25) is 0 Å². The average Bonchev–Trinajstić information content (AvgIpc) is 0.679. The van der Waals surface area contributed by atoms with Gasteiger partial charge in [-0.25, -0.2) is 0 Å². The molecule has 4 aliphatic rings. The van der Waals surface area contributed by atoms with Gasteiger partial charge < -0.3 is 29.2 Å². The molecule has 0 saturated heterocycles. The number of nitrogens with zero attached hydrogens (tertiary/aromatic N) is 5. The lowest BCUT2D eigenvalue weighted by molar-refractivity contribution is 0.487. The first-order valence-corrected chi connectivity index (χ1v) is 38.7. The maximum absolute atomic E-state index is 7.48. The SMILES string of the molecule is CC(C)(C)c1ccc(-c2ccccc2N(c2ccccc2)c2cc3c4c(c2)N(c2ccccc2-c2ccc(C(C)(C)C)cc2)c2ccccc2B4c2cc4c(cc2N3c2ccccc2)N(c2ccccc2-c2ccc(C(C)(C)C)cc2)c2cc(N(c3ccccc3)c3ccccc3)cc3c2B4c2ccccc2O3)cc1. The molecule has 0 radical (unpaired) electrons. The third kappa shape index (κ3) is 11.6. The van der Waals surface area contributed by atoms with Gasteiger partial charge in [-0.05, 0) is 186 Å². The molecule has 0 unspecified atom stereocenters. The minimum Gasteiger partial charge on any atom is -0.458 e. The largest absolute Gasteiger partial charge is 0.458 e. The van der Waals surface area contributed by atoms with Crippen molar-refractivity contribution in [3.8, 4) is 44.9 Å². The summed E-state index contributed by atoms with van der Waals surface area (Å²) in [7, 11) is 0. The van der Waals surface area contributed by atoms with Gasteiger partial charge in [-0.3, -0.25) is 0 Å². The number of para-hydroxylation sites is 9. The van der Waals surface area contributed by atoms with Crippen LogP contribution in [0.15, 0.2) is 352 Å². The van der Waals surface area contributed by atoms with E-state index in [9.17, 15) is 0 Å². The van der Waals surface area contributed by atoms with Gasteiger partial charge >= 0.3 is 0 Å². The zero-order valence-corrected chi connectivity index (χ0v) is 63.8. The van der Waals surface area contributed by atoms with E-state index in [2.05, 4.69) is 439 Å². The molecule has 0 saturated carbocycles. The van der Waals surface area contributed by atoms with Crippen LogP contribution in [-0.2, 0) is 16.2 Å². The van der Waals surface area contributed by atoms with Crippen LogP contribution >= 0.6 is 0 Å². The van der Waals surface area contributed by atoms with Crippen LogP contribution in [0.1, 0.15) is 79.0 Å². The van der Waals surface area contributed by atoms with Crippen LogP contribution in [0.2, 0.25) is 0 Å². The lowest BCUT2D eigenvalue weighted by Crippen LogP contribution is -2.64. The normalized spacial score (nSPS) is 13.1. The van der Waals surface area contributed by atoms with Crippen LogP contribution < -0.4 is 62.0 Å². The van der Waals surface area contributed by atoms with Crippen molar-refractivity contribution in [2.24, 2.45) is 0 Å². The summed E-state index contributed by atoms with van der Waals surface area (Å²) >= 11 is 0. The summed E-state index contributed by atoms with van der Waals surface area (Å²) in [6.45, 7) is 20.1. The molecule has 0 amide bonds. The second kappa shape index (κ2) is 26.6. The molecule has 0 N–H and O–H groups in total. The van der Waals surface area contributed by atoms with E-state index >= 15 is 0 Å². The number of fused-ring (bicyclic) bond motifs is 8. The van der Waals surface area contributed by atoms with E-state index in [1.807, 2.05) is 0 Å². The quantitative estimate of drug-likeness (QED) is 0.113. The Morgan fingerprint density at radius 3 is 1.14 bits per heavy atom. The first-order chi connectivity index (χ1) is 53.5. The van der Waals surface area contributed by atoms with Crippen molar-refractivity contribution in [1.82, 2.24) is 0 Å². The predicted octanol–water partition coefficient (Wildman–Crippen LogP) is 24.0. The first-order valence-electron chi connectivity index (χ1n) is 38.7. The second-order valence-corrected chi connectivity index (χ2v) is 32.9. The van der Waals surface area contributed by atoms with Crippen molar-refractivity contribution in [2.45, 2.75) is 78.6 Å². The molecule has 15 aromatic rings. The van der Waals surface area contributed by atoms with E-state index in [1.54, 1.807) is 0 Å². The van der Waals surface area contributed by atoms with E-state index < -0.39 is 0 Å². The fourth-order valence-electron chi connectivity index (χ4n) is 17.5. The summed E-state index contributed by atoms with van der Waals surface area (Å²) in [6, 6.07) is 132. The molecule has 6 nitrogen and oxygen atoms in total. The van der Waals surface area contributed by atoms with Crippen molar-refractivity contribution in [3.63, 3.8) is 0 Å². The Labute approximate surface area is 648 Å². The highest BCUT2D eigenvalue weighted by Crippen LogP contribution is 2.54. The highest BCUT2D eigenvalue weighted by molar-refractivity contribution is 7.02. The number of rotatable bonds is 12. The molecule has 19 rings (SSSR count). The Hall–Kier alpha value is -12.8. The van der Waals surface area contributed by atoms with Crippen LogP contribution in [0.25, 0.3) is 33.4 Å². The van der Waals surface area contributed by atoms with Crippen LogP contribution in [0, 0.1) is 0 Å². The average molecular weight is 1420 g/mol. The zero-order valence-electron chi connectivity index (χ0n) is 63.8. The lowest BCUT2D eigenvalue weighted by Gasteiger charge is -2.47. The molecule has 15 aromatic carbocycles. The molecule has 4 aliphatic heterocycles. The van der Waals surface area contributed by atoms with Crippen molar-refractivity contribution >= 4 is 132 Å². The maximum atomic E-state index is 7.48. The van der Waals surface area contributed by atoms with Gasteiger partial charge in [0.1, 0.15) is 11.5 Å². The molecule has 110 heavy (non-hydrogen) atoms. The summed E-state index contributed by atoms with van der Waals surface area (Å²) in [5, 5.41) is 0. The molecule has 0 aliphatic carbocycles. The van der Waals surface area contributed by atoms with Crippen molar-refractivity contribution in [2.75, 3.05) is 24.5 Å². The molecule has 8 heteroatoms. The maximum Gasteiger partial charge on any atom is 0.256 e. The topological polar surface area (TPSA) is 25.4 Å². The minimum atomic E-state index is -0.260. The van der Waals surface area contributed by atoms with Gasteiger partial charge in [0.05, 0.1) is 28.4 Å². The van der Waals surface area contributed by atoms with Gasteiger partial charge in [0.25, 0.3) is 13.4 Å². The Morgan fingerprint density at radius 2 is 0.618 bits per heavy atom. The van der Waals surface area contributed by atoms with Crippen LogP contribution in [0.4, 0.5) is 85.3 Å². The van der Waals surface area contributed by atoms with Gasteiger partial charge in [-0.15, -0.1) is 0 Å². The summed E-state index contributed by atoms with van der Waals surface area (Å²) in [4.78, 5) is 12.7. The Kier molecular flexibility index (Phi) is 16.4. The fraction of sp³-hybridized carbons (Fsp3) is 0.118. The van der Waals surface area contributed by atoms with E-state index in [1.165, 1.54) is 38.5 Å². The molecular weight excluding hydrogens is 1330 g/mol. The zero-order chi connectivity index (χ0) is 74.7. The second-order valence-electron chi connectivity index (χ2n) is 32.9. The monoisotopic (exact) mass is 1420 g/mol. The molecule has 0 bridgehead atoms.